The summed E-state index contributed by atoms with van der Waals surface area (Å²) in [5.41, 5.74) is -0.656. The van der Waals surface area contributed by atoms with Crippen LogP contribution in [0.15, 0.2) is 12.1 Å². The summed E-state index contributed by atoms with van der Waals surface area (Å²) < 4.78 is 32.7. The second-order valence-electron chi connectivity index (χ2n) is 9.89. The lowest BCUT2D eigenvalue weighted by molar-refractivity contribution is -0.140. The van der Waals surface area contributed by atoms with Crippen molar-refractivity contribution in [3.05, 3.63) is 29.3 Å². The Hall–Kier alpha value is -1.96. The van der Waals surface area contributed by atoms with Crippen LogP contribution in [-0.2, 0) is 4.79 Å². The Kier molecular flexibility index (Phi) is 9.51. The van der Waals surface area contributed by atoms with Crippen molar-refractivity contribution in [3.8, 4) is 11.8 Å². The van der Waals surface area contributed by atoms with Crippen LogP contribution in [-0.4, -0.2) is 5.97 Å². The monoisotopic (exact) mass is 445 g/mol. The van der Waals surface area contributed by atoms with E-state index in [1.165, 1.54) is 70.3 Å². The summed E-state index contributed by atoms with van der Waals surface area (Å²) >= 11 is 0. The third kappa shape index (κ3) is 6.77. The van der Waals surface area contributed by atoms with E-state index in [1.54, 1.807) is 0 Å². The number of unbranched alkanes of at least 4 members (excludes halogenated alkanes) is 4. The summed E-state index contributed by atoms with van der Waals surface area (Å²) in [4.78, 5) is 12.5. The minimum absolute atomic E-state index is 0.167. The number of hydrogen-bond donors (Lipinski definition) is 0. The fourth-order valence-electron chi connectivity index (χ4n) is 5.73. The van der Waals surface area contributed by atoms with Crippen molar-refractivity contribution in [2.24, 2.45) is 23.7 Å². The molecule has 3 nitrogen and oxygen atoms in total. The van der Waals surface area contributed by atoms with Crippen molar-refractivity contribution in [2.45, 2.75) is 96.8 Å². The molecule has 0 radical (unpaired) electrons. The van der Waals surface area contributed by atoms with E-state index in [2.05, 4.69) is 6.92 Å². The maximum atomic E-state index is 13.8. The number of halogens is 2. The van der Waals surface area contributed by atoms with Crippen molar-refractivity contribution in [2.75, 3.05) is 0 Å². The van der Waals surface area contributed by atoms with E-state index in [0.29, 0.717) is 5.92 Å². The Bertz CT molecular complexity index is 764. The zero-order valence-corrected chi connectivity index (χ0v) is 19.4. The van der Waals surface area contributed by atoms with Crippen molar-refractivity contribution in [1.82, 2.24) is 0 Å². The number of carbonyl (C=O) groups excluding carboxylic acids is 1. The highest BCUT2D eigenvalue weighted by Crippen LogP contribution is 2.42. The van der Waals surface area contributed by atoms with E-state index in [-0.39, 0.29) is 11.7 Å². The molecule has 2 saturated carbocycles. The molecule has 5 heteroatoms. The molecule has 0 bridgehead atoms. The predicted molar refractivity (Wildman–Crippen MR) is 121 cm³/mol. The average molecular weight is 446 g/mol. The number of esters is 1. The predicted octanol–water partition coefficient (Wildman–Crippen LogP) is 7.72. The molecule has 0 aliphatic heterocycles. The highest BCUT2D eigenvalue weighted by Gasteiger charge is 2.33. The lowest BCUT2D eigenvalue weighted by atomic mass is 9.68. The standard InChI is InChI=1S/C27H37F2NO2/c1-2-3-4-5-6-7-19-8-10-20(11-9-19)21-12-14-22(15-13-21)27(31)32-23-16-25(28)24(18-30)26(29)17-23/h16-17,19-22H,2-15H2,1H3. The molecule has 2 aliphatic rings. The van der Waals surface area contributed by atoms with Gasteiger partial charge in [0.2, 0.25) is 0 Å². The van der Waals surface area contributed by atoms with Crippen LogP contribution in [0.3, 0.4) is 0 Å². The molecule has 0 unspecified atom stereocenters. The van der Waals surface area contributed by atoms with Gasteiger partial charge in [0.25, 0.3) is 0 Å². The topological polar surface area (TPSA) is 50.1 Å². The SMILES string of the molecule is CCCCCCCC1CCC(C2CCC(C(=O)Oc3cc(F)c(C#N)c(F)c3)CC2)CC1. The van der Waals surface area contributed by atoms with Crippen LogP contribution in [0.1, 0.15) is 102 Å². The molecule has 176 valence electrons. The van der Waals surface area contributed by atoms with Crippen molar-refractivity contribution < 1.29 is 18.3 Å². The number of hydrogen-bond acceptors (Lipinski definition) is 3. The van der Waals surface area contributed by atoms with E-state index < -0.39 is 23.2 Å². The zero-order valence-electron chi connectivity index (χ0n) is 19.4. The molecule has 1 aromatic carbocycles. The largest absolute Gasteiger partial charge is 0.426 e. The lowest BCUT2D eigenvalue weighted by Crippen LogP contribution is -2.30. The maximum absolute atomic E-state index is 13.8. The van der Waals surface area contributed by atoms with Crippen molar-refractivity contribution in [3.63, 3.8) is 0 Å². The second kappa shape index (κ2) is 12.3. The molecular formula is C27H37F2NO2. The minimum atomic E-state index is -1.00. The molecule has 0 atom stereocenters. The summed E-state index contributed by atoms with van der Waals surface area (Å²) in [5.74, 6) is -0.428. The highest BCUT2D eigenvalue weighted by molar-refractivity contribution is 5.75. The van der Waals surface area contributed by atoms with Gasteiger partial charge < -0.3 is 4.74 Å². The normalized spacial score (nSPS) is 25.8. The Morgan fingerprint density at radius 2 is 1.50 bits per heavy atom. The van der Waals surface area contributed by atoms with Gasteiger partial charge in [0, 0.05) is 12.1 Å². The van der Waals surface area contributed by atoms with Gasteiger partial charge >= 0.3 is 5.97 Å². The Morgan fingerprint density at radius 1 is 0.938 bits per heavy atom. The molecule has 0 spiro atoms. The number of rotatable bonds is 9. The van der Waals surface area contributed by atoms with Gasteiger partial charge in [-0.2, -0.15) is 5.26 Å². The number of carbonyl (C=O) groups is 1. The van der Waals surface area contributed by atoms with Crippen LogP contribution in [0.4, 0.5) is 8.78 Å². The van der Waals surface area contributed by atoms with Crippen molar-refractivity contribution >= 4 is 5.97 Å². The molecular weight excluding hydrogens is 408 g/mol. The average Bonchev–Trinajstić information content (AvgIpc) is 2.79. The molecule has 0 saturated heterocycles. The molecule has 2 aliphatic carbocycles. The third-order valence-electron chi connectivity index (χ3n) is 7.73. The van der Waals surface area contributed by atoms with E-state index in [9.17, 15) is 13.6 Å². The van der Waals surface area contributed by atoms with Crippen LogP contribution in [0.25, 0.3) is 0 Å². The first kappa shape index (κ1) is 24.7. The second-order valence-corrected chi connectivity index (χ2v) is 9.89. The van der Waals surface area contributed by atoms with Crippen LogP contribution < -0.4 is 4.74 Å². The third-order valence-corrected chi connectivity index (χ3v) is 7.73. The maximum Gasteiger partial charge on any atom is 0.314 e. The Balaban J connectivity index is 1.38. The highest BCUT2D eigenvalue weighted by atomic mass is 19.1. The summed E-state index contributed by atoms with van der Waals surface area (Å²) in [7, 11) is 0. The van der Waals surface area contributed by atoms with E-state index in [0.717, 1.165) is 49.7 Å². The first-order valence-electron chi connectivity index (χ1n) is 12.6. The molecule has 0 heterocycles. The number of benzene rings is 1. The van der Waals surface area contributed by atoms with Crippen LogP contribution in [0, 0.1) is 46.6 Å². The fraction of sp³-hybridized carbons (Fsp3) is 0.704. The van der Waals surface area contributed by atoms with E-state index in [1.807, 2.05) is 0 Å². The molecule has 3 rings (SSSR count). The smallest absolute Gasteiger partial charge is 0.314 e. The van der Waals surface area contributed by atoms with E-state index in [4.69, 9.17) is 10.00 Å². The lowest BCUT2D eigenvalue weighted by Gasteiger charge is -2.37. The number of nitriles is 1. The quantitative estimate of drug-likeness (QED) is 0.222. The Labute approximate surface area is 191 Å². The van der Waals surface area contributed by atoms with E-state index >= 15 is 0 Å². The summed E-state index contributed by atoms with van der Waals surface area (Å²) in [6.45, 7) is 2.26. The zero-order chi connectivity index (χ0) is 22.9. The molecule has 1 aromatic rings. The first-order valence-corrected chi connectivity index (χ1v) is 12.6. The molecule has 0 N–H and O–H groups in total. The van der Waals surface area contributed by atoms with Gasteiger partial charge in [-0.25, -0.2) is 8.78 Å². The number of ether oxygens (including phenoxy) is 1. The van der Waals surface area contributed by atoms with Crippen molar-refractivity contribution in [1.29, 1.82) is 5.26 Å². The summed E-state index contributed by atoms with van der Waals surface area (Å²) in [5, 5.41) is 8.75. The summed E-state index contributed by atoms with van der Waals surface area (Å²) in [6, 6.07) is 3.29. The molecule has 0 aromatic heterocycles. The molecule has 0 amide bonds. The van der Waals surface area contributed by atoms with Gasteiger partial charge in [-0.1, -0.05) is 58.3 Å². The summed E-state index contributed by atoms with van der Waals surface area (Å²) in [6.07, 6.45) is 17.2. The van der Waals surface area contributed by atoms with Crippen LogP contribution in [0.2, 0.25) is 0 Å². The van der Waals surface area contributed by atoms with Crippen LogP contribution >= 0.6 is 0 Å². The Morgan fingerprint density at radius 3 is 2.06 bits per heavy atom. The van der Waals surface area contributed by atoms with Gasteiger partial charge in [0.05, 0.1) is 5.92 Å². The molecule has 32 heavy (non-hydrogen) atoms. The van der Waals surface area contributed by atoms with Gasteiger partial charge in [-0.15, -0.1) is 0 Å². The minimum Gasteiger partial charge on any atom is -0.426 e. The number of nitrogens with zero attached hydrogens (tertiary/aromatic N) is 1. The molecule has 2 fully saturated rings. The van der Waals surface area contributed by atoms with Gasteiger partial charge in [0.15, 0.2) is 0 Å². The fourth-order valence-corrected chi connectivity index (χ4v) is 5.73. The van der Waals surface area contributed by atoms with Gasteiger partial charge in [-0.05, 0) is 56.3 Å². The first-order chi connectivity index (χ1) is 15.5. The van der Waals surface area contributed by atoms with Gasteiger partial charge in [-0.3, -0.25) is 4.79 Å². The van der Waals surface area contributed by atoms with Crippen LogP contribution in [0.5, 0.6) is 5.75 Å². The van der Waals surface area contributed by atoms with Gasteiger partial charge in [0.1, 0.15) is 29.0 Å².